The van der Waals surface area contributed by atoms with Crippen LogP contribution in [0.3, 0.4) is 0 Å². The first-order valence-electron chi connectivity index (χ1n) is 7.66. The number of amides is 1. The van der Waals surface area contributed by atoms with E-state index >= 15 is 0 Å². The molecule has 0 aliphatic heterocycles. The average Bonchev–Trinajstić information content (AvgIpc) is 3.01. The molecule has 1 amide bonds. The summed E-state index contributed by atoms with van der Waals surface area (Å²) in [6.07, 6.45) is 2.15. The molecule has 0 aliphatic carbocycles. The Morgan fingerprint density at radius 1 is 1.25 bits per heavy atom. The fourth-order valence-electron chi connectivity index (χ4n) is 2.47. The van der Waals surface area contributed by atoms with Crippen LogP contribution >= 0.6 is 11.6 Å². The van der Waals surface area contributed by atoms with Crippen molar-refractivity contribution < 1.29 is 9.53 Å². The van der Waals surface area contributed by atoms with E-state index in [1.807, 2.05) is 47.1 Å². The van der Waals surface area contributed by atoms with Gasteiger partial charge in [-0.15, -0.1) is 0 Å². The number of aryl methyl sites for hydroxylation is 1. The lowest BCUT2D eigenvalue weighted by Crippen LogP contribution is -2.24. The minimum absolute atomic E-state index is 0.0119. The van der Waals surface area contributed by atoms with Gasteiger partial charge in [0.15, 0.2) is 0 Å². The predicted molar refractivity (Wildman–Crippen MR) is 94.2 cm³/mol. The Balaban J connectivity index is 1.55. The van der Waals surface area contributed by atoms with Crippen LogP contribution in [0, 0.1) is 0 Å². The molecule has 2 aromatic carbocycles. The smallest absolute Gasteiger partial charge is 0.222 e. The molecule has 0 bridgehead atoms. The zero-order chi connectivity index (χ0) is 16.9. The summed E-state index contributed by atoms with van der Waals surface area (Å²) in [5.41, 5.74) is 2.01. The van der Waals surface area contributed by atoms with Crippen LogP contribution < -0.4 is 10.1 Å². The van der Waals surface area contributed by atoms with Crippen molar-refractivity contribution in [2.75, 3.05) is 7.11 Å². The number of nitrogens with one attached hydrogen (secondary N) is 1. The van der Waals surface area contributed by atoms with Gasteiger partial charge in [-0.2, -0.15) is 5.10 Å². The van der Waals surface area contributed by atoms with Crippen LogP contribution in [0.1, 0.15) is 12.0 Å². The molecule has 0 aliphatic rings. The summed E-state index contributed by atoms with van der Waals surface area (Å²) in [7, 11) is 1.64. The third kappa shape index (κ3) is 3.86. The number of hydrogen-bond acceptors (Lipinski definition) is 3. The monoisotopic (exact) mass is 343 g/mol. The summed E-state index contributed by atoms with van der Waals surface area (Å²) in [5, 5.41) is 8.92. The molecule has 0 saturated heterocycles. The number of fused-ring (bicyclic) bond motifs is 1. The maximum atomic E-state index is 12.0. The maximum absolute atomic E-state index is 12.0. The molecule has 24 heavy (non-hydrogen) atoms. The van der Waals surface area contributed by atoms with Gasteiger partial charge < -0.3 is 10.1 Å². The maximum Gasteiger partial charge on any atom is 0.222 e. The molecular formula is C18H18ClN3O2. The number of aromatic nitrogens is 2. The number of rotatable bonds is 6. The topological polar surface area (TPSA) is 56.2 Å². The zero-order valence-electron chi connectivity index (χ0n) is 13.3. The minimum Gasteiger partial charge on any atom is -0.497 e. The third-order valence-corrected chi connectivity index (χ3v) is 4.05. The van der Waals surface area contributed by atoms with E-state index in [1.54, 1.807) is 13.3 Å². The Hall–Kier alpha value is -2.53. The Kier molecular flexibility index (Phi) is 5.01. The van der Waals surface area contributed by atoms with Gasteiger partial charge in [0, 0.05) is 23.4 Å². The second kappa shape index (κ2) is 7.36. The SMILES string of the molecule is COc1ccc2c(cnn2CCC(=O)NCc2ccc(Cl)cc2)c1. The van der Waals surface area contributed by atoms with Gasteiger partial charge in [-0.25, -0.2) is 0 Å². The molecule has 0 spiro atoms. The van der Waals surface area contributed by atoms with Gasteiger partial charge in [-0.1, -0.05) is 23.7 Å². The second-order valence-electron chi connectivity index (χ2n) is 5.45. The van der Waals surface area contributed by atoms with Crippen molar-refractivity contribution in [2.45, 2.75) is 19.5 Å². The highest BCUT2D eigenvalue weighted by Gasteiger charge is 2.07. The molecule has 0 unspecified atom stereocenters. The molecule has 6 heteroatoms. The normalized spacial score (nSPS) is 10.8. The lowest BCUT2D eigenvalue weighted by Gasteiger charge is -2.07. The van der Waals surface area contributed by atoms with Crippen LogP contribution in [-0.2, 0) is 17.9 Å². The van der Waals surface area contributed by atoms with Gasteiger partial charge in [-0.3, -0.25) is 9.48 Å². The van der Waals surface area contributed by atoms with E-state index in [1.165, 1.54) is 0 Å². The lowest BCUT2D eigenvalue weighted by atomic mass is 10.2. The number of benzene rings is 2. The van der Waals surface area contributed by atoms with E-state index in [0.717, 1.165) is 22.2 Å². The van der Waals surface area contributed by atoms with Gasteiger partial charge in [0.05, 0.1) is 25.4 Å². The molecule has 124 valence electrons. The van der Waals surface area contributed by atoms with E-state index < -0.39 is 0 Å². The molecule has 3 aromatic rings. The highest BCUT2D eigenvalue weighted by Crippen LogP contribution is 2.20. The van der Waals surface area contributed by atoms with Crippen molar-refractivity contribution in [1.29, 1.82) is 0 Å². The molecular weight excluding hydrogens is 326 g/mol. The molecule has 3 rings (SSSR count). The van der Waals surface area contributed by atoms with Crippen molar-refractivity contribution >= 4 is 28.4 Å². The van der Waals surface area contributed by atoms with Crippen molar-refractivity contribution in [3.05, 3.63) is 59.2 Å². The van der Waals surface area contributed by atoms with Crippen molar-refractivity contribution in [3.8, 4) is 5.75 Å². The summed E-state index contributed by atoms with van der Waals surface area (Å²) in [6, 6.07) is 13.2. The molecule has 0 saturated carbocycles. The summed E-state index contributed by atoms with van der Waals surface area (Å²) >= 11 is 5.84. The van der Waals surface area contributed by atoms with E-state index in [4.69, 9.17) is 16.3 Å². The fraction of sp³-hybridized carbons (Fsp3) is 0.222. The lowest BCUT2D eigenvalue weighted by molar-refractivity contribution is -0.121. The highest BCUT2D eigenvalue weighted by atomic mass is 35.5. The van der Waals surface area contributed by atoms with E-state index in [-0.39, 0.29) is 5.91 Å². The summed E-state index contributed by atoms with van der Waals surface area (Å²) in [5.74, 6) is 0.782. The molecule has 1 heterocycles. The summed E-state index contributed by atoms with van der Waals surface area (Å²) in [4.78, 5) is 12.0. The molecule has 1 N–H and O–H groups in total. The van der Waals surface area contributed by atoms with Crippen LogP contribution in [0.5, 0.6) is 5.75 Å². The first-order valence-corrected chi connectivity index (χ1v) is 8.04. The first kappa shape index (κ1) is 16.3. The van der Waals surface area contributed by atoms with Crippen LogP contribution in [-0.4, -0.2) is 22.8 Å². The van der Waals surface area contributed by atoms with Crippen LogP contribution in [0.2, 0.25) is 5.02 Å². The van der Waals surface area contributed by atoms with E-state index in [0.29, 0.717) is 24.5 Å². The second-order valence-corrected chi connectivity index (χ2v) is 5.88. The number of carbonyl (C=O) groups is 1. The van der Waals surface area contributed by atoms with Gasteiger partial charge in [0.1, 0.15) is 5.75 Å². The molecule has 5 nitrogen and oxygen atoms in total. The number of hydrogen-bond donors (Lipinski definition) is 1. The average molecular weight is 344 g/mol. The minimum atomic E-state index is -0.0119. The fourth-order valence-corrected chi connectivity index (χ4v) is 2.60. The Morgan fingerprint density at radius 3 is 2.79 bits per heavy atom. The zero-order valence-corrected chi connectivity index (χ0v) is 14.1. The molecule has 0 atom stereocenters. The number of methoxy groups -OCH3 is 1. The van der Waals surface area contributed by atoms with Crippen molar-refractivity contribution in [3.63, 3.8) is 0 Å². The Morgan fingerprint density at radius 2 is 2.04 bits per heavy atom. The first-order chi connectivity index (χ1) is 11.7. The van der Waals surface area contributed by atoms with Gasteiger partial charge in [0.25, 0.3) is 0 Å². The third-order valence-electron chi connectivity index (χ3n) is 3.80. The summed E-state index contributed by atoms with van der Waals surface area (Å²) < 4.78 is 7.03. The predicted octanol–water partition coefficient (Wildman–Crippen LogP) is 3.40. The molecule has 1 aromatic heterocycles. The Bertz CT molecular complexity index is 843. The quantitative estimate of drug-likeness (QED) is 0.746. The van der Waals surface area contributed by atoms with E-state index in [2.05, 4.69) is 10.4 Å². The number of carbonyl (C=O) groups excluding carboxylic acids is 1. The van der Waals surface area contributed by atoms with Crippen LogP contribution in [0.4, 0.5) is 0 Å². The number of ether oxygens (including phenoxy) is 1. The number of halogens is 1. The van der Waals surface area contributed by atoms with Crippen molar-refractivity contribution in [2.24, 2.45) is 0 Å². The standard InChI is InChI=1S/C18H18ClN3O2/c1-24-16-6-7-17-14(10-16)12-21-22(17)9-8-18(23)20-11-13-2-4-15(19)5-3-13/h2-7,10,12H,8-9,11H2,1H3,(H,20,23). The van der Waals surface area contributed by atoms with Crippen molar-refractivity contribution in [1.82, 2.24) is 15.1 Å². The highest BCUT2D eigenvalue weighted by molar-refractivity contribution is 6.30. The number of nitrogens with zero attached hydrogens (tertiary/aromatic N) is 2. The Labute approximate surface area is 145 Å². The van der Waals surface area contributed by atoms with Crippen LogP contribution in [0.15, 0.2) is 48.7 Å². The largest absolute Gasteiger partial charge is 0.497 e. The molecule has 0 radical (unpaired) electrons. The van der Waals surface area contributed by atoms with Gasteiger partial charge >= 0.3 is 0 Å². The van der Waals surface area contributed by atoms with Gasteiger partial charge in [-0.05, 0) is 35.9 Å². The molecule has 0 fully saturated rings. The van der Waals surface area contributed by atoms with Crippen LogP contribution in [0.25, 0.3) is 10.9 Å². The van der Waals surface area contributed by atoms with Gasteiger partial charge in [0.2, 0.25) is 5.91 Å². The summed E-state index contributed by atoms with van der Waals surface area (Å²) in [6.45, 7) is 1.02. The van der Waals surface area contributed by atoms with E-state index in [9.17, 15) is 4.79 Å².